The van der Waals surface area contributed by atoms with Crippen molar-refractivity contribution in [1.82, 2.24) is 14.7 Å². The molecule has 176 valence electrons. The molecule has 0 aliphatic rings. The van der Waals surface area contributed by atoms with Gasteiger partial charge in [0, 0.05) is 23.3 Å². The molecular weight excluding hydrogens is 471 g/mol. The molecule has 0 spiro atoms. The van der Waals surface area contributed by atoms with E-state index in [1.807, 2.05) is 83.4 Å². The van der Waals surface area contributed by atoms with E-state index in [1.54, 1.807) is 0 Å². The van der Waals surface area contributed by atoms with E-state index in [2.05, 4.69) is 10.3 Å². The average Bonchev–Trinajstić information content (AvgIpc) is 3.19. The largest absolute Gasteiger partial charge is 0.490 e. The third-order valence-corrected chi connectivity index (χ3v) is 4.87. The summed E-state index contributed by atoms with van der Waals surface area (Å²) in [6.45, 7) is 0.553. The van der Waals surface area contributed by atoms with Crippen LogP contribution in [0.3, 0.4) is 0 Å². The Morgan fingerprint density at radius 3 is 2.32 bits per heavy atom. The number of carboxylic acids is 1. The first-order chi connectivity index (χ1) is 16.2. The second-order valence-corrected chi connectivity index (χ2v) is 7.48. The first-order valence-electron chi connectivity index (χ1n) is 10.0. The van der Waals surface area contributed by atoms with Gasteiger partial charge in [0.2, 0.25) is 5.82 Å². The zero-order chi connectivity index (χ0) is 24.7. The molecule has 34 heavy (non-hydrogen) atoms. The van der Waals surface area contributed by atoms with Gasteiger partial charge in [0.25, 0.3) is 5.91 Å². The molecule has 2 N–H and O–H groups in total. The summed E-state index contributed by atoms with van der Waals surface area (Å²) in [5.74, 6) is -2.58. The smallest absolute Gasteiger partial charge is 0.475 e. The van der Waals surface area contributed by atoms with Gasteiger partial charge in [0.1, 0.15) is 0 Å². The molecule has 4 rings (SSSR count). The van der Waals surface area contributed by atoms with Crippen molar-refractivity contribution in [3.05, 3.63) is 95.4 Å². The Labute approximate surface area is 197 Å². The summed E-state index contributed by atoms with van der Waals surface area (Å²) in [5, 5.41) is 10.7. The number of halogens is 4. The molecule has 2 aromatic heterocycles. The van der Waals surface area contributed by atoms with Crippen LogP contribution in [0.15, 0.2) is 79.0 Å². The topological polar surface area (TPSA) is 83.7 Å². The van der Waals surface area contributed by atoms with Gasteiger partial charge in [0.15, 0.2) is 0 Å². The number of carbonyl (C=O) groups excluding carboxylic acids is 1. The Morgan fingerprint density at radius 1 is 1.00 bits per heavy atom. The molecule has 2 heterocycles. The molecule has 0 saturated heterocycles. The summed E-state index contributed by atoms with van der Waals surface area (Å²) in [6.07, 6.45) is -2.46. The fourth-order valence-corrected chi connectivity index (χ4v) is 3.28. The number of amides is 1. The van der Waals surface area contributed by atoms with Crippen molar-refractivity contribution in [2.45, 2.75) is 12.6 Å². The Kier molecular flexibility index (Phi) is 7.91. The third kappa shape index (κ3) is 6.35. The van der Waals surface area contributed by atoms with Gasteiger partial charge in [-0.25, -0.2) is 9.78 Å². The molecule has 2 aromatic carbocycles. The predicted molar refractivity (Wildman–Crippen MR) is 122 cm³/mol. The third-order valence-electron chi connectivity index (χ3n) is 4.63. The van der Waals surface area contributed by atoms with E-state index in [0.29, 0.717) is 17.4 Å². The molecule has 4 aromatic rings. The fourth-order valence-electron chi connectivity index (χ4n) is 3.09. The van der Waals surface area contributed by atoms with Crippen molar-refractivity contribution in [2.75, 3.05) is 6.54 Å². The van der Waals surface area contributed by atoms with E-state index in [-0.39, 0.29) is 5.91 Å². The predicted octanol–water partition coefficient (Wildman–Crippen LogP) is 5.26. The SMILES string of the molecule is O=C(NCCc1ccccc1)c1nc(-c2cccc(Cl)c2)c2ccccn12.O=C(O)C(F)(F)F. The van der Waals surface area contributed by atoms with Gasteiger partial charge in [-0.2, -0.15) is 13.2 Å². The number of nitrogens with one attached hydrogen (secondary N) is 1. The number of pyridine rings is 1. The number of hydrogen-bond acceptors (Lipinski definition) is 3. The highest BCUT2D eigenvalue weighted by Gasteiger charge is 2.38. The van der Waals surface area contributed by atoms with Crippen LogP contribution in [0, 0.1) is 0 Å². The Balaban J connectivity index is 0.000000406. The average molecular weight is 490 g/mol. The number of alkyl halides is 3. The minimum absolute atomic E-state index is 0.194. The molecule has 0 aliphatic carbocycles. The van der Waals surface area contributed by atoms with Gasteiger partial charge in [0.05, 0.1) is 11.2 Å². The molecule has 0 bridgehead atoms. The molecule has 10 heteroatoms. The minimum Gasteiger partial charge on any atom is -0.475 e. The number of hydrogen-bond donors (Lipinski definition) is 2. The number of nitrogens with zero attached hydrogens (tertiary/aromatic N) is 2. The quantitative estimate of drug-likeness (QED) is 0.400. The molecule has 6 nitrogen and oxygen atoms in total. The number of carboxylic acid groups (broad SMARTS) is 1. The molecule has 0 saturated carbocycles. The number of aliphatic carboxylic acids is 1. The number of benzene rings is 2. The lowest BCUT2D eigenvalue weighted by Crippen LogP contribution is -2.27. The summed E-state index contributed by atoms with van der Waals surface area (Å²) >= 11 is 6.13. The molecule has 1 amide bonds. The maximum Gasteiger partial charge on any atom is 0.490 e. The van der Waals surface area contributed by atoms with Gasteiger partial charge >= 0.3 is 12.1 Å². The molecule has 0 atom stereocenters. The number of fused-ring (bicyclic) bond motifs is 1. The van der Waals surface area contributed by atoms with E-state index in [0.717, 1.165) is 23.2 Å². The molecule has 0 unspecified atom stereocenters. The lowest BCUT2D eigenvalue weighted by atomic mass is 10.1. The van der Waals surface area contributed by atoms with Crippen LogP contribution in [-0.4, -0.2) is 39.1 Å². The van der Waals surface area contributed by atoms with Crippen LogP contribution in [0.25, 0.3) is 16.8 Å². The number of carbonyl (C=O) groups is 2. The van der Waals surface area contributed by atoms with E-state index < -0.39 is 12.1 Å². The van der Waals surface area contributed by atoms with Crippen LogP contribution >= 0.6 is 11.6 Å². The van der Waals surface area contributed by atoms with Crippen molar-refractivity contribution in [3.63, 3.8) is 0 Å². The first kappa shape index (κ1) is 24.8. The fraction of sp³-hybridized carbons (Fsp3) is 0.125. The lowest BCUT2D eigenvalue weighted by molar-refractivity contribution is -0.192. The van der Waals surface area contributed by atoms with Crippen molar-refractivity contribution in [3.8, 4) is 11.3 Å². The van der Waals surface area contributed by atoms with E-state index in [9.17, 15) is 18.0 Å². The van der Waals surface area contributed by atoms with Crippen LogP contribution in [0.5, 0.6) is 0 Å². The van der Waals surface area contributed by atoms with Gasteiger partial charge in [-0.1, -0.05) is 60.1 Å². The summed E-state index contributed by atoms with van der Waals surface area (Å²) in [7, 11) is 0. The summed E-state index contributed by atoms with van der Waals surface area (Å²) < 4.78 is 33.5. The van der Waals surface area contributed by atoms with Crippen molar-refractivity contribution in [2.24, 2.45) is 0 Å². The summed E-state index contributed by atoms with van der Waals surface area (Å²) in [4.78, 5) is 26.3. The Morgan fingerprint density at radius 2 is 1.68 bits per heavy atom. The maximum absolute atomic E-state index is 12.7. The van der Waals surface area contributed by atoms with Crippen LogP contribution < -0.4 is 5.32 Å². The summed E-state index contributed by atoms with van der Waals surface area (Å²) in [5.41, 5.74) is 3.68. The summed E-state index contributed by atoms with van der Waals surface area (Å²) in [6, 6.07) is 23.3. The second kappa shape index (κ2) is 10.8. The van der Waals surface area contributed by atoms with Crippen molar-refractivity contribution < 1.29 is 27.9 Å². The van der Waals surface area contributed by atoms with E-state index in [1.165, 1.54) is 5.56 Å². The van der Waals surface area contributed by atoms with Crippen molar-refractivity contribution >= 4 is 29.0 Å². The molecule has 0 aliphatic heterocycles. The standard InChI is InChI=1S/C22H18ClN3O.C2HF3O2/c23-18-10-6-9-17(15-18)20-19-11-4-5-14-26(19)21(25-20)22(27)24-13-12-16-7-2-1-3-8-16;3-2(4,5)1(6)7/h1-11,14-15H,12-13H2,(H,24,27);(H,6,7). The molecule has 0 radical (unpaired) electrons. The van der Waals surface area contributed by atoms with Gasteiger partial charge in [-0.05, 0) is 36.2 Å². The van der Waals surface area contributed by atoms with Crippen LogP contribution in [0.4, 0.5) is 13.2 Å². The van der Waals surface area contributed by atoms with Gasteiger partial charge in [-0.3, -0.25) is 9.20 Å². The van der Waals surface area contributed by atoms with Gasteiger partial charge < -0.3 is 10.4 Å². The van der Waals surface area contributed by atoms with Crippen LogP contribution in [-0.2, 0) is 11.2 Å². The Bertz CT molecular complexity index is 1290. The normalized spacial score (nSPS) is 10.9. The molecule has 0 fully saturated rings. The minimum atomic E-state index is -5.08. The highest BCUT2D eigenvalue weighted by Crippen LogP contribution is 2.27. The number of imidazole rings is 1. The first-order valence-corrected chi connectivity index (χ1v) is 10.4. The van der Waals surface area contributed by atoms with Gasteiger partial charge in [-0.15, -0.1) is 0 Å². The van der Waals surface area contributed by atoms with Crippen molar-refractivity contribution in [1.29, 1.82) is 0 Å². The Hall–Kier alpha value is -3.85. The zero-order valence-corrected chi connectivity index (χ0v) is 18.3. The highest BCUT2D eigenvalue weighted by atomic mass is 35.5. The second-order valence-electron chi connectivity index (χ2n) is 7.04. The van der Waals surface area contributed by atoms with E-state index in [4.69, 9.17) is 21.5 Å². The van der Waals surface area contributed by atoms with Crippen LogP contribution in [0.1, 0.15) is 16.2 Å². The lowest BCUT2D eigenvalue weighted by Gasteiger charge is -2.04. The maximum atomic E-state index is 12.7. The number of rotatable bonds is 5. The number of aromatic nitrogens is 2. The van der Waals surface area contributed by atoms with Crippen LogP contribution in [0.2, 0.25) is 5.02 Å². The monoisotopic (exact) mass is 489 g/mol. The van der Waals surface area contributed by atoms with E-state index >= 15 is 0 Å². The molecular formula is C24H19ClF3N3O3. The highest BCUT2D eigenvalue weighted by molar-refractivity contribution is 6.30. The zero-order valence-electron chi connectivity index (χ0n) is 17.6.